The van der Waals surface area contributed by atoms with Gasteiger partial charge in [-0.05, 0) is 54.9 Å². The highest BCUT2D eigenvalue weighted by Crippen LogP contribution is 2.31. The van der Waals surface area contributed by atoms with Crippen molar-refractivity contribution in [2.45, 2.75) is 32.1 Å². The molecule has 0 fully saturated rings. The van der Waals surface area contributed by atoms with E-state index < -0.39 is 0 Å². The van der Waals surface area contributed by atoms with Crippen LogP contribution >= 0.6 is 0 Å². The monoisotopic (exact) mass is 192 g/mol. The Labute approximate surface area is 84.2 Å². The summed E-state index contributed by atoms with van der Waals surface area (Å²) in [6.45, 7) is 0.192. The average Bonchev–Trinajstić information content (AvgIpc) is 2.23. The lowest BCUT2D eigenvalue weighted by atomic mass is 9.87. The normalized spacial score (nSPS) is 15.2. The molecule has 0 saturated carbocycles. The van der Waals surface area contributed by atoms with E-state index in [1.807, 2.05) is 6.07 Å². The van der Waals surface area contributed by atoms with Crippen LogP contribution in [0.3, 0.4) is 0 Å². The predicted octanol–water partition coefficient (Wildman–Crippen LogP) is 1.81. The molecule has 0 amide bonds. The van der Waals surface area contributed by atoms with E-state index in [9.17, 15) is 5.11 Å². The zero-order chi connectivity index (χ0) is 9.97. The first-order chi connectivity index (χ1) is 6.83. The molecule has 2 N–H and O–H groups in total. The molecule has 0 aromatic heterocycles. The number of benzene rings is 1. The summed E-state index contributed by atoms with van der Waals surface area (Å²) in [6, 6.07) is 3.70. The molecular weight excluding hydrogens is 176 g/mol. The Morgan fingerprint density at radius 1 is 1.07 bits per heavy atom. The number of fused-ring (bicyclic) bond motifs is 1. The maximum absolute atomic E-state index is 9.69. The van der Waals surface area contributed by atoms with Crippen molar-refractivity contribution >= 4 is 0 Å². The van der Waals surface area contributed by atoms with Gasteiger partial charge in [0.15, 0.2) is 0 Å². The van der Waals surface area contributed by atoms with Gasteiger partial charge in [0.1, 0.15) is 5.75 Å². The third-order valence-corrected chi connectivity index (χ3v) is 2.99. The number of hydrogen-bond donors (Lipinski definition) is 2. The van der Waals surface area contributed by atoms with E-state index in [4.69, 9.17) is 5.11 Å². The van der Waals surface area contributed by atoms with Crippen molar-refractivity contribution in [2.75, 3.05) is 6.61 Å². The summed E-state index contributed by atoms with van der Waals surface area (Å²) in [5.41, 5.74) is 3.60. The minimum atomic E-state index is 0.192. The molecule has 14 heavy (non-hydrogen) atoms. The molecule has 0 unspecified atom stereocenters. The SMILES string of the molecule is OCCc1ccc(O)c2c1CCCC2. The average molecular weight is 192 g/mol. The summed E-state index contributed by atoms with van der Waals surface area (Å²) in [5.74, 6) is 0.432. The van der Waals surface area contributed by atoms with Crippen molar-refractivity contribution < 1.29 is 10.2 Å². The quantitative estimate of drug-likeness (QED) is 0.750. The first-order valence-electron chi connectivity index (χ1n) is 5.26. The molecule has 1 aliphatic carbocycles. The minimum absolute atomic E-state index is 0.192. The highest BCUT2D eigenvalue weighted by atomic mass is 16.3. The zero-order valence-electron chi connectivity index (χ0n) is 8.29. The van der Waals surface area contributed by atoms with E-state index in [0.717, 1.165) is 18.4 Å². The summed E-state index contributed by atoms with van der Waals surface area (Å²) < 4.78 is 0. The van der Waals surface area contributed by atoms with Crippen LogP contribution < -0.4 is 0 Å². The minimum Gasteiger partial charge on any atom is -0.508 e. The van der Waals surface area contributed by atoms with E-state index in [1.54, 1.807) is 6.07 Å². The first-order valence-corrected chi connectivity index (χ1v) is 5.26. The smallest absolute Gasteiger partial charge is 0.119 e. The van der Waals surface area contributed by atoms with Crippen LogP contribution in [-0.2, 0) is 19.3 Å². The van der Waals surface area contributed by atoms with E-state index >= 15 is 0 Å². The largest absolute Gasteiger partial charge is 0.508 e. The molecule has 0 atom stereocenters. The van der Waals surface area contributed by atoms with Gasteiger partial charge >= 0.3 is 0 Å². The van der Waals surface area contributed by atoms with E-state index in [0.29, 0.717) is 12.2 Å². The molecule has 0 radical (unpaired) electrons. The highest BCUT2D eigenvalue weighted by molar-refractivity contribution is 5.45. The second-order valence-corrected chi connectivity index (χ2v) is 3.88. The fourth-order valence-corrected chi connectivity index (χ4v) is 2.28. The lowest BCUT2D eigenvalue weighted by Crippen LogP contribution is -2.07. The van der Waals surface area contributed by atoms with Gasteiger partial charge in [-0.3, -0.25) is 0 Å². The Morgan fingerprint density at radius 3 is 2.50 bits per heavy atom. The zero-order valence-corrected chi connectivity index (χ0v) is 8.29. The van der Waals surface area contributed by atoms with Crippen LogP contribution in [0.2, 0.25) is 0 Å². The van der Waals surface area contributed by atoms with Crippen LogP contribution in [0.1, 0.15) is 29.5 Å². The van der Waals surface area contributed by atoms with Crippen LogP contribution in [0, 0.1) is 0 Å². The maximum Gasteiger partial charge on any atom is 0.119 e. The molecule has 0 spiro atoms. The van der Waals surface area contributed by atoms with Crippen molar-refractivity contribution in [3.8, 4) is 5.75 Å². The van der Waals surface area contributed by atoms with Crippen molar-refractivity contribution in [3.05, 3.63) is 28.8 Å². The van der Waals surface area contributed by atoms with Crippen molar-refractivity contribution in [3.63, 3.8) is 0 Å². The molecule has 1 aromatic carbocycles. The van der Waals surface area contributed by atoms with Gasteiger partial charge in [0.25, 0.3) is 0 Å². The molecule has 0 saturated heterocycles. The number of aliphatic hydroxyl groups is 1. The van der Waals surface area contributed by atoms with Crippen molar-refractivity contribution in [1.29, 1.82) is 0 Å². The number of hydrogen-bond acceptors (Lipinski definition) is 2. The number of phenolic OH excluding ortho intramolecular Hbond substituents is 1. The third kappa shape index (κ3) is 1.62. The van der Waals surface area contributed by atoms with Gasteiger partial charge in [0, 0.05) is 6.61 Å². The number of phenols is 1. The Hall–Kier alpha value is -1.02. The van der Waals surface area contributed by atoms with Crippen molar-refractivity contribution in [2.24, 2.45) is 0 Å². The number of aliphatic hydroxyl groups excluding tert-OH is 1. The van der Waals surface area contributed by atoms with Crippen LogP contribution in [0.15, 0.2) is 12.1 Å². The number of aromatic hydroxyl groups is 1. The summed E-state index contributed by atoms with van der Waals surface area (Å²) in [5, 5.41) is 18.6. The molecule has 2 rings (SSSR count). The Kier molecular flexibility index (Phi) is 2.73. The molecule has 2 nitrogen and oxygen atoms in total. The molecule has 2 heteroatoms. The summed E-state index contributed by atoms with van der Waals surface area (Å²) in [4.78, 5) is 0. The van der Waals surface area contributed by atoms with Gasteiger partial charge < -0.3 is 10.2 Å². The van der Waals surface area contributed by atoms with Gasteiger partial charge in [-0.25, -0.2) is 0 Å². The predicted molar refractivity (Wildman–Crippen MR) is 55.5 cm³/mol. The van der Waals surface area contributed by atoms with Gasteiger partial charge in [0.05, 0.1) is 0 Å². The van der Waals surface area contributed by atoms with Crippen molar-refractivity contribution in [1.82, 2.24) is 0 Å². The Balaban J connectivity index is 2.42. The summed E-state index contributed by atoms with van der Waals surface area (Å²) in [6.07, 6.45) is 5.13. The van der Waals surface area contributed by atoms with Gasteiger partial charge in [-0.1, -0.05) is 6.07 Å². The Morgan fingerprint density at radius 2 is 1.79 bits per heavy atom. The topological polar surface area (TPSA) is 40.5 Å². The van der Waals surface area contributed by atoms with Crippen LogP contribution in [0.25, 0.3) is 0 Å². The molecule has 0 aliphatic heterocycles. The van der Waals surface area contributed by atoms with E-state index in [2.05, 4.69) is 0 Å². The fraction of sp³-hybridized carbons (Fsp3) is 0.500. The number of rotatable bonds is 2. The van der Waals surface area contributed by atoms with Gasteiger partial charge in [-0.15, -0.1) is 0 Å². The second kappa shape index (κ2) is 4.01. The standard InChI is InChI=1S/C12H16O2/c13-8-7-9-5-6-12(14)11-4-2-1-3-10(9)11/h5-6,13-14H,1-4,7-8H2. The molecule has 1 aliphatic rings. The fourth-order valence-electron chi connectivity index (χ4n) is 2.28. The second-order valence-electron chi connectivity index (χ2n) is 3.88. The van der Waals surface area contributed by atoms with Gasteiger partial charge in [0.2, 0.25) is 0 Å². The van der Waals surface area contributed by atoms with Crippen LogP contribution in [0.4, 0.5) is 0 Å². The summed E-state index contributed by atoms with van der Waals surface area (Å²) in [7, 11) is 0. The lowest BCUT2D eigenvalue weighted by molar-refractivity contribution is 0.299. The molecule has 1 aromatic rings. The summed E-state index contributed by atoms with van der Waals surface area (Å²) >= 11 is 0. The first kappa shape index (κ1) is 9.53. The van der Waals surface area contributed by atoms with Gasteiger partial charge in [-0.2, -0.15) is 0 Å². The Bertz CT molecular complexity index is 331. The third-order valence-electron chi connectivity index (χ3n) is 2.99. The van der Waals surface area contributed by atoms with E-state index in [-0.39, 0.29) is 6.61 Å². The highest BCUT2D eigenvalue weighted by Gasteiger charge is 2.15. The molecule has 0 bridgehead atoms. The molecular formula is C12H16O2. The van der Waals surface area contributed by atoms with E-state index in [1.165, 1.54) is 24.0 Å². The van der Waals surface area contributed by atoms with Crippen LogP contribution in [0.5, 0.6) is 5.75 Å². The molecule has 76 valence electrons. The maximum atomic E-state index is 9.69. The van der Waals surface area contributed by atoms with Crippen LogP contribution in [-0.4, -0.2) is 16.8 Å². The lowest BCUT2D eigenvalue weighted by Gasteiger charge is -2.20. The molecule has 0 heterocycles.